The highest BCUT2D eigenvalue weighted by Crippen LogP contribution is 2.34. The molecule has 4 heterocycles. The van der Waals surface area contributed by atoms with Crippen molar-refractivity contribution in [2.24, 2.45) is 11.8 Å². The van der Waals surface area contributed by atoms with Crippen LogP contribution in [-0.4, -0.2) is 48.3 Å². The molecular formula is C17H21N3O4. The van der Waals surface area contributed by atoms with Crippen molar-refractivity contribution in [2.45, 2.75) is 19.1 Å². The summed E-state index contributed by atoms with van der Waals surface area (Å²) in [5.41, 5.74) is 0. The third kappa shape index (κ3) is 3.22. The summed E-state index contributed by atoms with van der Waals surface area (Å²) in [5, 5.41) is 6.44. The molecule has 2 aromatic heterocycles. The molecule has 2 aromatic rings. The summed E-state index contributed by atoms with van der Waals surface area (Å²) < 4.78 is 16.3. The number of likely N-dealkylation sites (tertiary alicyclic amines) is 1. The van der Waals surface area contributed by atoms with Gasteiger partial charge in [-0.3, -0.25) is 9.69 Å². The van der Waals surface area contributed by atoms with Crippen molar-refractivity contribution in [1.29, 1.82) is 0 Å². The van der Waals surface area contributed by atoms with E-state index in [9.17, 15) is 4.79 Å². The van der Waals surface area contributed by atoms with Crippen LogP contribution in [0.2, 0.25) is 0 Å². The molecule has 2 aliphatic heterocycles. The third-order valence-corrected chi connectivity index (χ3v) is 4.98. The molecular weight excluding hydrogens is 310 g/mol. The fourth-order valence-corrected chi connectivity index (χ4v) is 3.69. The highest BCUT2D eigenvalue weighted by atomic mass is 16.5. The molecule has 1 N–H and O–H groups in total. The van der Waals surface area contributed by atoms with Crippen molar-refractivity contribution in [1.82, 2.24) is 15.4 Å². The van der Waals surface area contributed by atoms with Gasteiger partial charge < -0.3 is 19.0 Å². The number of hydrogen-bond acceptors (Lipinski definition) is 6. The average Bonchev–Trinajstić information content (AvgIpc) is 3.34. The van der Waals surface area contributed by atoms with Crippen molar-refractivity contribution < 1.29 is 18.5 Å². The van der Waals surface area contributed by atoms with E-state index in [1.54, 1.807) is 12.3 Å². The highest BCUT2D eigenvalue weighted by Gasteiger charge is 2.41. The number of piperidine rings is 1. The van der Waals surface area contributed by atoms with E-state index >= 15 is 0 Å². The van der Waals surface area contributed by atoms with E-state index in [1.165, 1.54) is 6.20 Å². The van der Waals surface area contributed by atoms with Gasteiger partial charge in [-0.1, -0.05) is 5.16 Å². The molecule has 0 saturated carbocycles. The molecule has 1 amide bonds. The molecule has 7 nitrogen and oxygen atoms in total. The van der Waals surface area contributed by atoms with Gasteiger partial charge in [0.1, 0.15) is 5.76 Å². The molecule has 4 rings (SSSR count). The van der Waals surface area contributed by atoms with Crippen LogP contribution in [0.1, 0.15) is 22.7 Å². The number of aromatic nitrogens is 1. The molecule has 0 aliphatic carbocycles. The Kier molecular flexibility index (Phi) is 4.36. The van der Waals surface area contributed by atoms with E-state index < -0.39 is 0 Å². The van der Waals surface area contributed by atoms with E-state index in [0.717, 1.165) is 38.4 Å². The first-order chi connectivity index (χ1) is 11.8. The number of furan rings is 1. The van der Waals surface area contributed by atoms with E-state index in [4.69, 9.17) is 13.7 Å². The van der Waals surface area contributed by atoms with Gasteiger partial charge in [-0.25, -0.2) is 0 Å². The Hall–Kier alpha value is -2.12. The molecule has 0 spiro atoms. The lowest BCUT2D eigenvalue weighted by molar-refractivity contribution is 0.0653. The standard InChI is InChI=1S/C17H21N3O4/c21-17(15-3-5-19-24-15)18-8-16-14-10-20(6-4-12(14)11-23-16)9-13-2-1-7-22-13/h1-3,5,7,12,14,16H,4,6,8-11H2,(H,18,21)/t12-,14-,16+/m1/s1. The number of fused-ring (bicyclic) bond motifs is 1. The molecule has 2 aliphatic rings. The van der Waals surface area contributed by atoms with Gasteiger partial charge in [0.15, 0.2) is 0 Å². The fraction of sp³-hybridized carbons (Fsp3) is 0.529. The van der Waals surface area contributed by atoms with Crippen LogP contribution < -0.4 is 5.32 Å². The van der Waals surface area contributed by atoms with Gasteiger partial charge in [0.25, 0.3) is 5.91 Å². The minimum absolute atomic E-state index is 0.0428. The van der Waals surface area contributed by atoms with E-state index in [2.05, 4.69) is 15.4 Å². The van der Waals surface area contributed by atoms with E-state index in [0.29, 0.717) is 18.4 Å². The molecule has 0 unspecified atom stereocenters. The molecule has 3 atom stereocenters. The predicted molar refractivity (Wildman–Crippen MR) is 84.2 cm³/mol. The van der Waals surface area contributed by atoms with Crippen LogP contribution in [0.3, 0.4) is 0 Å². The number of nitrogens with one attached hydrogen (secondary N) is 1. The van der Waals surface area contributed by atoms with Gasteiger partial charge in [0.05, 0.1) is 31.7 Å². The summed E-state index contributed by atoms with van der Waals surface area (Å²) in [6.45, 7) is 4.13. The Bertz CT molecular complexity index is 655. The summed E-state index contributed by atoms with van der Waals surface area (Å²) in [6, 6.07) is 5.48. The normalized spacial score (nSPS) is 27.1. The number of ether oxygens (including phenoxy) is 1. The van der Waals surface area contributed by atoms with Gasteiger partial charge >= 0.3 is 0 Å². The number of carbonyl (C=O) groups is 1. The van der Waals surface area contributed by atoms with Crippen LogP contribution in [0.15, 0.2) is 39.6 Å². The zero-order valence-electron chi connectivity index (χ0n) is 13.4. The second-order valence-corrected chi connectivity index (χ2v) is 6.49. The van der Waals surface area contributed by atoms with Crippen molar-refractivity contribution in [3.8, 4) is 0 Å². The Balaban J connectivity index is 1.32. The molecule has 2 fully saturated rings. The number of carbonyl (C=O) groups excluding carboxylic acids is 1. The van der Waals surface area contributed by atoms with Crippen LogP contribution in [0.25, 0.3) is 0 Å². The molecule has 0 aromatic carbocycles. The van der Waals surface area contributed by atoms with Crippen molar-refractivity contribution in [3.05, 3.63) is 42.2 Å². The van der Waals surface area contributed by atoms with Crippen molar-refractivity contribution >= 4 is 5.91 Å². The SMILES string of the molecule is O=C(NC[C@@H]1OC[C@H]2CCN(Cc3ccco3)C[C@H]21)c1ccno1. The van der Waals surface area contributed by atoms with Gasteiger partial charge in [-0.2, -0.15) is 0 Å². The molecule has 7 heteroatoms. The van der Waals surface area contributed by atoms with Gasteiger partial charge in [-0.05, 0) is 31.0 Å². The van der Waals surface area contributed by atoms with Crippen molar-refractivity contribution in [2.75, 3.05) is 26.2 Å². The minimum atomic E-state index is -0.247. The highest BCUT2D eigenvalue weighted by molar-refractivity contribution is 5.91. The van der Waals surface area contributed by atoms with Gasteiger partial charge in [0.2, 0.25) is 5.76 Å². The van der Waals surface area contributed by atoms with E-state index in [-0.39, 0.29) is 17.8 Å². The smallest absolute Gasteiger partial charge is 0.289 e. The summed E-state index contributed by atoms with van der Waals surface area (Å²) in [5.74, 6) is 1.98. The zero-order valence-corrected chi connectivity index (χ0v) is 13.4. The Morgan fingerprint density at radius 3 is 3.17 bits per heavy atom. The zero-order chi connectivity index (χ0) is 16.4. The quantitative estimate of drug-likeness (QED) is 0.895. The monoisotopic (exact) mass is 331 g/mol. The fourth-order valence-electron chi connectivity index (χ4n) is 3.69. The van der Waals surface area contributed by atoms with Crippen LogP contribution in [-0.2, 0) is 11.3 Å². The summed E-state index contributed by atoms with van der Waals surface area (Å²) in [4.78, 5) is 14.4. The number of amides is 1. The summed E-state index contributed by atoms with van der Waals surface area (Å²) in [6.07, 6.45) is 4.34. The van der Waals surface area contributed by atoms with E-state index in [1.807, 2.05) is 12.1 Å². The largest absolute Gasteiger partial charge is 0.468 e. The molecule has 0 bridgehead atoms. The number of nitrogens with zero attached hydrogens (tertiary/aromatic N) is 2. The molecule has 24 heavy (non-hydrogen) atoms. The van der Waals surface area contributed by atoms with Gasteiger partial charge in [0, 0.05) is 25.1 Å². The van der Waals surface area contributed by atoms with Crippen LogP contribution in [0.4, 0.5) is 0 Å². The first-order valence-corrected chi connectivity index (χ1v) is 8.35. The van der Waals surface area contributed by atoms with Gasteiger partial charge in [-0.15, -0.1) is 0 Å². The second kappa shape index (κ2) is 6.78. The third-order valence-electron chi connectivity index (χ3n) is 4.98. The lowest BCUT2D eigenvalue weighted by Gasteiger charge is -2.35. The second-order valence-electron chi connectivity index (χ2n) is 6.49. The lowest BCUT2D eigenvalue weighted by Crippen LogP contribution is -2.45. The Morgan fingerprint density at radius 2 is 2.38 bits per heavy atom. The van der Waals surface area contributed by atoms with Crippen LogP contribution >= 0.6 is 0 Å². The topological polar surface area (TPSA) is 80.7 Å². The Labute approximate surface area is 139 Å². The first kappa shape index (κ1) is 15.4. The van der Waals surface area contributed by atoms with Crippen LogP contribution in [0, 0.1) is 11.8 Å². The minimum Gasteiger partial charge on any atom is -0.468 e. The summed E-state index contributed by atoms with van der Waals surface area (Å²) >= 11 is 0. The van der Waals surface area contributed by atoms with Crippen molar-refractivity contribution in [3.63, 3.8) is 0 Å². The first-order valence-electron chi connectivity index (χ1n) is 8.35. The maximum absolute atomic E-state index is 12.0. The average molecular weight is 331 g/mol. The maximum Gasteiger partial charge on any atom is 0.289 e. The number of rotatable bonds is 5. The lowest BCUT2D eigenvalue weighted by atomic mass is 9.84. The molecule has 128 valence electrons. The molecule has 2 saturated heterocycles. The Morgan fingerprint density at radius 1 is 1.42 bits per heavy atom. The molecule has 0 radical (unpaired) electrons. The number of hydrogen-bond donors (Lipinski definition) is 1. The maximum atomic E-state index is 12.0. The van der Waals surface area contributed by atoms with Crippen LogP contribution in [0.5, 0.6) is 0 Å². The predicted octanol–water partition coefficient (Wildman–Crippen LogP) is 1.53. The summed E-state index contributed by atoms with van der Waals surface area (Å²) in [7, 11) is 0.